The number of carboxylic acid groups (broad SMARTS) is 1. The van der Waals surface area contributed by atoms with Gasteiger partial charge in [-0.05, 0) is 67.0 Å². The number of nitro groups is 1. The number of aliphatic carboxylic acids is 1. The molecule has 3 fully saturated rings. The van der Waals surface area contributed by atoms with Gasteiger partial charge >= 0.3 is 47.7 Å². The summed E-state index contributed by atoms with van der Waals surface area (Å²) in [5.41, 5.74) is -8.74. The lowest BCUT2D eigenvalue weighted by Gasteiger charge is -2.67. The molecule has 458 valence electrons. The normalized spacial score (nSPS) is 26.7. The Labute approximate surface area is 488 Å². The van der Waals surface area contributed by atoms with Gasteiger partial charge in [-0.2, -0.15) is 0 Å². The second-order valence-corrected chi connectivity index (χ2v) is 23.5. The van der Waals surface area contributed by atoms with Gasteiger partial charge in [0.05, 0.1) is 29.6 Å². The second kappa shape index (κ2) is 25.5. The van der Waals surface area contributed by atoms with Crippen LogP contribution >= 0.6 is 0 Å². The quantitative estimate of drug-likeness (QED) is 0.0304. The lowest BCUT2D eigenvalue weighted by atomic mass is 9.44. The molecule has 2 amide bonds. The summed E-state index contributed by atoms with van der Waals surface area (Å²) in [5.74, 6) is -14.5. The Balaban J connectivity index is 1.42. The second-order valence-electron chi connectivity index (χ2n) is 23.5. The zero-order chi connectivity index (χ0) is 62.7. The van der Waals surface area contributed by atoms with Crippen LogP contribution in [0.15, 0.2) is 88.4 Å². The maximum Gasteiger partial charge on any atom is 0.433 e. The van der Waals surface area contributed by atoms with Crippen LogP contribution in [0.3, 0.4) is 0 Å². The Morgan fingerprint density at radius 3 is 1.99 bits per heavy atom. The highest BCUT2D eigenvalue weighted by molar-refractivity contribution is 5.97. The van der Waals surface area contributed by atoms with E-state index in [0.717, 1.165) is 26.0 Å². The molecular formula is C60H71N3O22. The molecule has 2 aromatic carbocycles. The van der Waals surface area contributed by atoms with Crippen molar-refractivity contribution in [2.75, 3.05) is 6.61 Å². The molecule has 85 heavy (non-hydrogen) atoms. The number of Topliss-reactive ketones (excluding diaryl/α,β-unsaturated/α-hetero) is 1. The van der Waals surface area contributed by atoms with Gasteiger partial charge in [0.15, 0.2) is 23.2 Å². The van der Waals surface area contributed by atoms with E-state index in [4.69, 9.17) is 37.6 Å². The molecule has 25 nitrogen and oxygen atoms in total. The number of rotatable bonds is 22. The van der Waals surface area contributed by atoms with Gasteiger partial charge in [0.2, 0.25) is 12.0 Å². The summed E-state index contributed by atoms with van der Waals surface area (Å²) in [4.78, 5) is 152. The molecule has 1 aliphatic heterocycles. The molecule has 0 spiro atoms. The molecule has 3 aliphatic carbocycles. The summed E-state index contributed by atoms with van der Waals surface area (Å²) >= 11 is 0. The average molecular weight is 1190 g/mol. The monoisotopic (exact) mass is 1190 g/mol. The summed E-state index contributed by atoms with van der Waals surface area (Å²) in [6, 6.07) is 13.4. The Morgan fingerprint density at radius 2 is 1.44 bits per heavy atom. The average Bonchev–Trinajstić information content (AvgIpc) is 1.11. The lowest BCUT2D eigenvalue weighted by molar-refractivity contribution is -0.402. The first-order chi connectivity index (χ1) is 39.9. The third-order valence-electron chi connectivity index (χ3n) is 16.3. The molecule has 4 N–H and O–H groups in total. The molecule has 0 unspecified atom stereocenters. The standard InChI is InChI=1S/C60H71N3O22/c1-30(2)25-44(68)82-40-27-41-59(29-78-41,85-34(7)65)50-52(84-55(73)36-19-15-12-16-20-36)60(75)28-39(32(5)46(57(60,8)9)48(79-33(6)64)51(70)58(40,50)10)81-56(74)49(83-45(69)26-31(3)4)47(35-17-13-11-14-18-35)62-53(71)37(21-24-43(66)67)61-54(72)38-22-23-42(80-38)63(76)77/h11-20,22-23,30-31,37,39-41,47-50,52,75H,21,24-29H2,1-10H3,(H,61,72)(H,62,71)(H,66,67)/t37-,39+,40+,41-,47+,48-,49-,50+,52+,58-,59+,60-/m1/s1. The van der Waals surface area contributed by atoms with Gasteiger partial charge in [-0.1, -0.05) is 90.1 Å². The summed E-state index contributed by atoms with van der Waals surface area (Å²) in [6.45, 7) is 14.4. The zero-order valence-electron chi connectivity index (χ0n) is 48.7. The molecule has 12 atom stereocenters. The fourth-order valence-corrected chi connectivity index (χ4v) is 12.3. The summed E-state index contributed by atoms with van der Waals surface area (Å²) < 4.78 is 48.6. The molecule has 2 heterocycles. The number of benzene rings is 2. The molecule has 4 aliphatic rings. The number of esters is 6. The van der Waals surface area contributed by atoms with E-state index in [9.17, 15) is 58.7 Å². The van der Waals surface area contributed by atoms with Crippen LogP contribution in [0.2, 0.25) is 0 Å². The maximum atomic E-state index is 16.4. The third kappa shape index (κ3) is 13.2. The number of aliphatic hydroxyl groups is 1. The van der Waals surface area contributed by atoms with Crippen molar-refractivity contribution in [1.82, 2.24) is 10.6 Å². The number of nitrogens with one attached hydrogen (secondary N) is 2. The van der Waals surface area contributed by atoms with Gasteiger partial charge in [0, 0.05) is 51.4 Å². The first-order valence-corrected chi connectivity index (χ1v) is 27.8. The van der Waals surface area contributed by atoms with Crippen molar-refractivity contribution >= 4 is 65.3 Å². The lowest BCUT2D eigenvalue weighted by Crippen LogP contribution is -2.82. The fourth-order valence-electron chi connectivity index (χ4n) is 12.3. The van der Waals surface area contributed by atoms with E-state index in [-0.39, 0.29) is 53.4 Å². The molecule has 7 rings (SSSR count). The molecule has 2 bridgehead atoms. The highest BCUT2D eigenvalue weighted by atomic mass is 16.7. The summed E-state index contributed by atoms with van der Waals surface area (Å²) in [5, 5.41) is 40.2. The summed E-state index contributed by atoms with van der Waals surface area (Å²) in [7, 11) is 0. The minimum Gasteiger partial charge on any atom is -0.481 e. The van der Waals surface area contributed by atoms with Crippen LogP contribution in [0.4, 0.5) is 5.88 Å². The number of carbonyl (C=O) groups excluding carboxylic acids is 9. The first-order valence-electron chi connectivity index (χ1n) is 27.8. The van der Waals surface area contributed by atoms with Crippen molar-refractivity contribution in [3.05, 3.63) is 111 Å². The number of ether oxygens (including phenoxy) is 7. The number of carboxylic acids is 1. The van der Waals surface area contributed by atoms with Crippen LogP contribution in [-0.2, 0) is 71.5 Å². The van der Waals surface area contributed by atoms with Crippen LogP contribution in [-0.4, -0.2) is 135 Å². The molecule has 3 aromatic rings. The largest absolute Gasteiger partial charge is 0.481 e. The van der Waals surface area contributed by atoms with E-state index < -0.39 is 178 Å². The van der Waals surface area contributed by atoms with Gasteiger partial charge in [-0.3, -0.25) is 48.5 Å². The van der Waals surface area contributed by atoms with Crippen LogP contribution in [0.1, 0.15) is 140 Å². The minimum atomic E-state index is -2.62. The van der Waals surface area contributed by atoms with E-state index in [1.807, 2.05) is 0 Å². The highest BCUT2D eigenvalue weighted by Crippen LogP contribution is 2.65. The van der Waals surface area contributed by atoms with E-state index in [0.29, 0.717) is 0 Å². The van der Waals surface area contributed by atoms with Crippen LogP contribution < -0.4 is 10.6 Å². The van der Waals surface area contributed by atoms with Crippen molar-refractivity contribution in [2.45, 2.75) is 168 Å². The Hall–Kier alpha value is -8.32. The predicted molar refractivity (Wildman–Crippen MR) is 292 cm³/mol. The van der Waals surface area contributed by atoms with Gasteiger partial charge in [-0.15, -0.1) is 0 Å². The van der Waals surface area contributed by atoms with Crippen molar-refractivity contribution in [2.24, 2.45) is 28.6 Å². The third-order valence-corrected chi connectivity index (χ3v) is 16.3. The fraction of sp³-hybridized carbons (Fsp3) is 0.533. The maximum absolute atomic E-state index is 16.4. The number of amides is 2. The van der Waals surface area contributed by atoms with Gasteiger partial charge in [0.1, 0.15) is 47.0 Å². The number of nitrogens with zero attached hydrogens (tertiary/aromatic N) is 1. The Bertz CT molecular complexity index is 3130. The molecule has 1 saturated heterocycles. The van der Waals surface area contributed by atoms with Crippen LogP contribution in [0.25, 0.3) is 0 Å². The van der Waals surface area contributed by atoms with E-state index in [1.54, 1.807) is 52.0 Å². The first kappa shape index (κ1) is 64.2. The highest BCUT2D eigenvalue weighted by Gasteiger charge is 2.79. The number of hydrogen-bond donors (Lipinski definition) is 4. The molecule has 0 radical (unpaired) electrons. The molecule has 25 heteroatoms. The zero-order valence-corrected chi connectivity index (χ0v) is 48.7. The van der Waals surface area contributed by atoms with Gasteiger partial charge in [0.25, 0.3) is 5.91 Å². The Kier molecular flexibility index (Phi) is 19.3. The molecular weight excluding hydrogens is 1110 g/mol. The summed E-state index contributed by atoms with van der Waals surface area (Å²) in [6.07, 6.45) is -13.4. The van der Waals surface area contributed by atoms with Gasteiger partial charge < -0.3 is 58.4 Å². The van der Waals surface area contributed by atoms with Crippen LogP contribution in [0.5, 0.6) is 0 Å². The van der Waals surface area contributed by atoms with Crippen molar-refractivity contribution in [3.8, 4) is 0 Å². The number of carbonyl (C=O) groups is 10. The van der Waals surface area contributed by atoms with E-state index in [1.165, 1.54) is 64.1 Å². The van der Waals surface area contributed by atoms with E-state index >= 15 is 9.59 Å². The van der Waals surface area contributed by atoms with E-state index in [2.05, 4.69) is 10.6 Å². The number of furan rings is 1. The van der Waals surface area contributed by atoms with Gasteiger partial charge in [-0.25, -0.2) is 9.59 Å². The van der Waals surface area contributed by atoms with Crippen LogP contribution in [0, 0.1) is 38.7 Å². The number of fused-ring (bicyclic) bond motifs is 5. The van der Waals surface area contributed by atoms with Crippen molar-refractivity contribution < 1.29 is 101 Å². The minimum absolute atomic E-state index is 0.00342. The van der Waals surface area contributed by atoms with Crippen molar-refractivity contribution in [3.63, 3.8) is 0 Å². The number of hydrogen-bond acceptors (Lipinski definition) is 21. The Morgan fingerprint density at radius 1 is 0.812 bits per heavy atom. The SMILES string of the molecule is CC(=O)O[C@H]1C(=O)[C@]2(C)[C@@H](OC(=O)CC(C)C)C[C@H]3OC[C@@]3(OC(C)=O)[C@H]2[C@H](OC(=O)c2ccccc2)[C@]2(O)C[C@H](OC(=O)[C@H](OC(=O)CC(C)C)[C@@H](NC(=O)[C@@H](CCC(=O)O)NC(=O)c3ccc([N+](=O)[O-])o3)c3ccccc3)C(C)=C1C2(C)C. The topological polar surface area (TPSA) is 356 Å². The smallest absolute Gasteiger partial charge is 0.433 e. The predicted octanol–water partition coefficient (Wildman–Crippen LogP) is 5.78. The molecule has 1 aromatic heterocycles. The number of ketones is 1. The van der Waals surface area contributed by atoms with Crippen molar-refractivity contribution in [1.29, 1.82) is 0 Å². The molecule has 2 saturated carbocycles.